The molecule has 4 aliphatic rings. The first-order valence-electron chi connectivity index (χ1n) is 4.22. The number of amides is 1. The first-order chi connectivity index (χ1) is 5.64. The fraction of sp³-hybridized carbons (Fsp3) is 0.875. The van der Waals surface area contributed by atoms with Crippen molar-refractivity contribution in [1.29, 1.82) is 0 Å². The molecule has 4 rings (SSSR count). The number of fused-ring (bicyclic) bond motifs is 1. The summed E-state index contributed by atoms with van der Waals surface area (Å²) < 4.78 is 0. The monoisotopic (exact) mass is 205 g/mol. The van der Waals surface area contributed by atoms with Crippen molar-refractivity contribution in [2.75, 3.05) is 0 Å². The van der Waals surface area contributed by atoms with Crippen LogP contribution in [0.15, 0.2) is 0 Å². The molecule has 4 aliphatic carbocycles. The van der Waals surface area contributed by atoms with Gasteiger partial charge in [0.1, 0.15) is 4.84 Å². The maximum absolute atomic E-state index is 11.1. The summed E-state index contributed by atoms with van der Waals surface area (Å²) in [7, 11) is 0. The molecule has 4 saturated carbocycles. The van der Waals surface area contributed by atoms with E-state index in [4.69, 9.17) is 28.9 Å². The predicted octanol–water partition coefficient (Wildman–Crippen LogP) is 1.01. The first-order valence-corrected chi connectivity index (χ1v) is 5.09. The first kappa shape index (κ1) is 7.45. The van der Waals surface area contributed by atoms with E-state index in [1.54, 1.807) is 0 Å². The van der Waals surface area contributed by atoms with E-state index in [-0.39, 0.29) is 17.7 Å². The van der Waals surface area contributed by atoms with Gasteiger partial charge in [-0.05, 0) is 23.7 Å². The van der Waals surface area contributed by atoms with Crippen molar-refractivity contribution in [2.24, 2.45) is 41.2 Å². The fourth-order valence-corrected chi connectivity index (χ4v) is 3.98. The Balaban J connectivity index is 1.88. The molecule has 0 heterocycles. The highest BCUT2D eigenvalue weighted by molar-refractivity contribution is 6.44. The van der Waals surface area contributed by atoms with Crippen LogP contribution in [0.4, 0.5) is 0 Å². The molecule has 0 saturated heterocycles. The van der Waals surface area contributed by atoms with Crippen molar-refractivity contribution in [3.05, 3.63) is 0 Å². The molecule has 4 fully saturated rings. The summed E-state index contributed by atoms with van der Waals surface area (Å²) in [5.41, 5.74) is 5.30. The van der Waals surface area contributed by atoms with E-state index in [1.807, 2.05) is 0 Å². The van der Waals surface area contributed by atoms with Crippen molar-refractivity contribution < 1.29 is 4.79 Å². The number of hydrogen-bond donors (Lipinski definition) is 1. The van der Waals surface area contributed by atoms with Crippen molar-refractivity contribution in [3.63, 3.8) is 0 Å². The summed E-state index contributed by atoms with van der Waals surface area (Å²) in [5.74, 6) is 2.63. The summed E-state index contributed by atoms with van der Waals surface area (Å²) in [6.07, 6.45) is 0. The van der Waals surface area contributed by atoms with E-state index in [2.05, 4.69) is 0 Å². The third kappa shape index (κ3) is 0.633. The smallest absolute Gasteiger partial charge is 0.221 e. The Kier molecular flexibility index (Phi) is 1.20. The van der Waals surface area contributed by atoms with Gasteiger partial charge >= 0.3 is 0 Å². The molecular weight excluding hydrogens is 197 g/mol. The Bertz CT molecular complexity index is 258. The number of nitrogens with two attached hydrogens (primary N) is 1. The zero-order chi connectivity index (χ0) is 8.62. The zero-order valence-corrected chi connectivity index (χ0v) is 7.79. The molecule has 2 unspecified atom stereocenters. The van der Waals surface area contributed by atoms with Gasteiger partial charge < -0.3 is 5.73 Å². The Hall–Kier alpha value is 0.0500. The van der Waals surface area contributed by atoms with Crippen LogP contribution in [0.25, 0.3) is 0 Å². The van der Waals surface area contributed by atoms with Crippen LogP contribution < -0.4 is 5.73 Å². The van der Waals surface area contributed by atoms with Gasteiger partial charge in [-0.2, -0.15) is 0 Å². The van der Waals surface area contributed by atoms with Gasteiger partial charge in [0, 0.05) is 11.8 Å². The maximum atomic E-state index is 11.1. The average Bonchev–Trinajstić information content (AvgIpc) is 2.76. The molecule has 4 atom stereocenters. The van der Waals surface area contributed by atoms with Crippen LogP contribution in [0.1, 0.15) is 0 Å². The lowest BCUT2D eigenvalue weighted by Gasteiger charge is -2.16. The lowest BCUT2D eigenvalue weighted by atomic mass is 9.97. The lowest BCUT2D eigenvalue weighted by molar-refractivity contribution is -0.123. The highest BCUT2D eigenvalue weighted by atomic mass is 35.5. The molecule has 12 heavy (non-hydrogen) atoms. The second-order valence-corrected chi connectivity index (χ2v) is 5.31. The van der Waals surface area contributed by atoms with Gasteiger partial charge in [0.2, 0.25) is 5.91 Å². The summed E-state index contributed by atoms with van der Waals surface area (Å²) in [6, 6.07) is 0. The van der Waals surface area contributed by atoms with E-state index in [0.717, 1.165) is 11.8 Å². The van der Waals surface area contributed by atoms with Gasteiger partial charge in [-0.15, -0.1) is 23.2 Å². The van der Waals surface area contributed by atoms with Crippen molar-refractivity contribution in [1.82, 2.24) is 0 Å². The maximum Gasteiger partial charge on any atom is 0.221 e. The van der Waals surface area contributed by atoms with Gasteiger partial charge in [0.15, 0.2) is 0 Å². The average molecular weight is 206 g/mol. The van der Waals surface area contributed by atoms with Crippen LogP contribution in [0.3, 0.4) is 0 Å². The standard InChI is InChI=1S/C8H9Cl2NO/c9-7(10)5-3-1-2(3)4(1)6(5)8(11)12/h1-7H,(H2,11,12)/t1?,2?,3?,4?,5-,6+/m1/s1. The highest BCUT2D eigenvalue weighted by Crippen LogP contribution is 2.86. The van der Waals surface area contributed by atoms with Gasteiger partial charge in [0.05, 0.1) is 0 Å². The normalized spacial score (nSPS) is 58.6. The van der Waals surface area contributed by atoms with Crippen LogP contribution in [0.2, 0.25) is 0 Å². The largest absolute Gasteiger partial charge is 0.369 e. The molecule has 2 bridgehead atoms. The number of halogens is 2. The van der Waals surface area contributed by atoms with E-state index in [1.165, 1.54) is 0 Å². The van der Waals surface area contributed by atoms with E-state index in [9.17, 15) is 4.79 Å². The molecule has 0 aromatic rings. The Morgan fingerprint density at radius 2 is 1.75 bits per heavy atom. The SMILES string of the molecule is NC(=O)[C@H]1C2C3C2C3[C@H]1C(Cl)Cl. The summed E-state index contributed by atoms with van der Waals surface area (Å²) in [5, 5.41) is 0. The van der Waals surface area contributed by atoms with Gasteiger partial charge in [-0.3, -0.25) is 4.79 Å². The van der Waals surface area contributed by atoms with Gasteiger partial charge in [0.25, 0.3) is 0 Å². The summed E-state index contributed by atoms with van der Waals surface area (Å²) >= 11 is 11.6. The highest BCUT2D eigenvalue weighted by Gasteiger charge is 2.85. The number of alkyl halides is 2. The zero-order valence-electron chi connectivity index (χ0n) is 6.28. The molecule has 0 spiro atoms. The minimum Gasteiger partial charge on any atom is -0.369 e. The van der Waals surface area contributed by atoms with E-state index in [0.29, 0.717) is 11.8 Å². The van der Waals surface area contributed by atoms with Gasteiger partial charge in [-0.1, -0.05) is 0 Å². The van der Waals surface area contributed by atoms with Crippen LogP contribution in [-0.2, 0) is 4.79 Å². The lowest BCUT2D eigenvalue weighted by Crippen LogP contribution is -2.30. The van der Waals surface area contributed by atoms with Crippen molar-refractivity contribution in [2.45, 2.75) is 4.84 Å². The predicted molar refractivity (Wildman–Crippen MR) is 45.6 cm³/mol. The second-order valence-electron chi connectivity index (χ2n) is 4.15. The quantitative estimate of drug-likeness (QED) is 0.673. The molecule has 0 aromatic heterocycles. The second kappa shape index (κ2) is 1.93. The molecule has 0 aromatic carbocycles. The van der Waals surface area contributed by atoms with Crippen LogP contribution in [0.5, 0.6) is 0 Å². The van der Waals surface area contributed by atoms with Crippen molar-refractivity contribution in [3.8, 4) is 0 Å². The molecule has 0 aliphatic heterocycles. The van der Waals surface area contributed by atoms with Crippen LogP contribution >= 0.6 is 23.2 Å². The molecule has 2 nitrogen and oxygen atoms in total. The molecular formula is C8H9Cl2NO. The molecule has 1 amide bonds. The topological polar surface area (TPSA) is 43.1 Å². The third-order valence-corrected chi connectivity index (χ3v) is 4.42. The number of carbonyl (C=O) groups is 1. The minimum atomic E-state index is -0.410. The van der Waals surface area contributed by atoms with Gasteiger partial charge in [-0.25, -0.2) is 0 Å². The number of primary amides is 1. The van der Waals surface area contributed by atoms with Crippen molar-refractivity contribution >= 4 is 29.1 Å². The Morgan fingerprint density at radius 1 is 1.17 bits per heavy atom. The van der Waals surface area contributed by atoms with E-state index < -0.39 is 4.84 Å². The third-order valence-electron chi connectivity index (χ3n) is 3.83. The molecule has 0 radical (unpaired) electrons. The fourth-order valence-electron chi connectivity index (χ4n) is 3.33. The van der Waals surface area contributed by atoms with Crippen LogP contribution in [0, 0.1) is 35.5 Å². The molecule has 2 N–H and O–H groups in total. The number of carbonyl (C=O) groups excluding carboxylic acids is 1. The Morgan fingerprint density at radius 3 is 2.08 bits per heavy atom. The molecule has 4 heteroatoms. The molecule has 66 valence electrons. The van der Waals surface area contributed by atoms with Crippen LogP contribution in [-0.4, -0.2) is 10.7 Å². The summed E-state index contributed by atoms with van der Waals surface area (Å²) in [6.45, 7) is 0. The minimum absolute atomic E-state index is 0.0231. The van der Waals surface area contributed by atoms with E-state index >= 15 is 0 Å². The number of rotatable bonds is 2. The number of hydrogen-bond acceptors (Lipinski definition) is 1. The summed E-state index contributed by atoms with van der Waals surface area (Å²) in [4.78, 5) is 10.7. The Labute approximate surface area is 80.4 Å².